The van der Waals surface area contributed by atoms with Crippen LogP contribution in [-0.2, 0) is 6.18 Å². The van der Waals surface area contributed by atoms with Crippen molar-refractivity contribution in [3.05, 3.63) is 28.0 Å². The first-order valence-corrected chi connectivity index (χ1v) is 4.35. The molecule has 0 bridgehead atoms. The number of hydrogen-bond acceptors (Lipinski definition) is 2. The maximum Gasteiger partial charge on any atom is 0.418 e. The van der Waals surface area contributed by atoms with Crippen molar-refractivity contribution in [2.45, 2.75) is 13.1 Å². The molecule has 0 saturated heterocycles. The normalized spacial score (nSPS) is 11.5. The van der Waals surface area contributed by atoms with Gasteiger partial charge in [0.2, 0.25) is 0 Å². The van der Waals surface area contributed by atoms with Gasteiger partial charge in [-0.25, -0.2) is 0 Å². The van der Waals surface area contributed by atoms with E-state index in [0.717, 1.165) is 6.07 Å². The minimum atomic E-state index is -4.46. The zero-order valence-corrected chi connectivity index (χ0v) is 8.61. The molecule has 0 aliphatic carbocycles. The molecule has 0 saturated carbocycles. The van der Waals surface area contributed by atoms with Gasteiger partial charge in [-0.3, -0.25) is 9.78 Å². The lowest BCUT2D eigenvalue weighted by Crippen LogP contribution is -2.08. The summed E-state index contributed by atoms with van der Waals surface area (Å²) in [7, 11) is 0. The minimum absolute atomic E-state index is 0.00451. The van der Waals surface area contributed by atoms with E-state index in [2.05, 4.69) is 20.9 Å². The van der Waals surface area contributed by atoms with Crippen molar-refractivity contribution >= 4 is 21.7 Å². The maximum absolute atomic E-state index is 12.2. The molecule has 0 aromatic carbocycles. The lowest BCUT2D eigenvalue weighted by molar-refractivity contribution is -0.138. The number of hydrogen-bond donors (Lipinski definition) is 0. The average molecular weight is 268 g/mol. The largest absolute Gasteiger partial charge is 0.418 e. The molecule has 1 aromatic rings. The third kappa shape index (κ3) is 2.31. The predicted molar refractivity (Wildman–Crippen MR) is 46.9 cm³/mol. The van der Waals surface area contributed by atoms with Gasteiger partial charge < -0.3 is 0 Å². The van der Waals surface area contributed by atoms with Gasteiger partial charge in [-0.1, -0.05) is 15.9 Å². The number of aromatic nitrogens is 1. The summed E-state index contributed by atoms with van der Waals surface area (Å²) >= 11 is 2.74. The first-order valence-electron chi connectivity index (χ1n) is 3.56. The van der Waals surface area contributed by atoms with Crippen LogP contribution in [-0.4, -0.2) is 10.8 Å². The van der Waals surface area contributed by atoms with Gasteiger partial charge in [0, 0.05) is 17.6 Å². The fourth-order valence-electron chi connectivity index (χ4n) is 0.832. The van der Waals surface area contributed by atoms with Gasteiger partial charge in [-0.05, 0) is 6.07 Å². The number of Topliss-reactive ketones (excluding diaryl/α,β-unsaturated/α-hetero) is 1. The van der Waals surface area contributed by atoms with Gasteiger partial charge in [0.25, 0.3) is 0 Å². The van der Waals surface area contributed by atoms with Crippen LogP contribution in [0.3, 0.4) is 0 Å². The second-order valence-electron chi connectivity index (χ2n) is 2.60. The second-order valence-corrected chi connectivity index (χ2v) is 3.46. The Morgan fingerprint density at radius 1 is 1.50 bits per heavy atom. The van der Waals surface area contributed by atoms with Crippen molar-refractivity contribution in [3.8, 4) is 0 Å². The van der Waals surface area contributed by atoms with Crippen LogP contribution in [0.15, 0.2) is 16.7 Å². The lowest BCUT2D eigenvalue weighted by Gasteiger charge is -2.08. The molecule has 0 fully saturated rings. The van der Waals surface area contributed by atoms with E-state index in [1.807, 2.05) is 0 Å². The minimum Gasteiger partial charge on any atom is -0.293 e. The quantitative estimate of drug-likeness (QED) is 0.732. The highest BCUT2D eigenvalue weighted by Crippen LogP contribution is 2.34. The van der Waals surface area contributed by atoms with Crippen LogP contribution in [0.2, 0.25) is 0 Å². The van der Waals surface area contributed by atoms with Crippen LogP contribution in [0.4, 0.5) is 13.2 Å². The van der Waals surface area contributed by atoms with Crippen LogP contribution in [0.25, 0.3) is 0 Å². The van der Waals surface area contributed by atoms with Gasteiger partial charge in [0.05, 0.1) is 5.56 Å². The van der Waals surface area contributed by atoms with E-state index in [4.69, 9.17) is 0 Å². The molecule has 0 atom stereocenters. The number of alkyl halides is 3. The number of ketones is 1. The molecule has 0 amide bonds. The van der Waals surface area contributed by atoms with Crippen molar-refractivity contribution in [2.75, 3.05) is 0 Å². The molecule has 0 spiro atoms. The third-order valence-electron chi connectivity index (χ3n) is 1.52. The third-order valence-corrected chi connectivity index (χ3v) is 2.18. The summed E-state index contributed by atoms with van der Waals surface area (Å²) in [5.74, 6) is -0.376. The number of carbonyl (C=O) groups is 1. The van der Waals surface area contributed by atoms with E-state index in [9.17, 15) is 18.0 Å². The Labute approximate surface area is 86.3 Å². The van der Waals surface area contributed by atoms with E-state index in [1.54, 1.807) is 0 Å². The number of pyridine rings is 1. The van der Waals surface area contributed by atoms with Gasteiger partial charge in [0.15, 0.2) is 5.78 Å². The zero-order chi connectivity index (χ0) is 10.9. The number of carbonyl (C=O) groups excluding carboxylic acids is 1. The van der Waals surface area contributed by atoms with Crippen LogP contribution in [0, 0.1) is 0 Å². The SMILES string of the molecule is CC(=O)c1cc(Br)c(C(F)(F)F)cn1. The highest BCUT2D eigenvalue weighted by molar-refractivity contribution is 9.10. The lowest BCUT2D eigenvalue weighted by atomic mass is 10.2. The zero-order valence-electron chi connectivity index (χ0n) is 7.02. The highest BCUT2D eigenvalue weighted by atomic mass is 79.9. The summed E-state index contributed by atoms with van der Waals surface area (Å²) in [5.41, 5.74) is -0.882. The van der Waals surface area contributed by atoms with Crippen LogP contribution < -0.4 is 0 Å². The monoisotopic (exact) mass is 267 g/mol. The summed E-state index contributed by atoms with van der Waals surface area (Å²) in [5, 5.41) is 0. The summed E-state index contributed by atoms with van der Waals surface area (Å²) in [6.07, 6.45) is -3.82. The number of nitrogens with zero attached hydrogens (tertiary/aromatic N) is 1. The Morgan fingerprint density at radius 3 is 2.43 bits per heavy atom. The smallest absolute Gasteiger partial charge is 0.293 e. The van der Waals surface area contributed by atoms with E-state index < -0.39 is 11.7 Å². The molecule has 0 aliphatic rings. The Morgan fingerprint density at radius 2 is 2.07 bits per heavy atom. The van der Waals surface area contributed by atoms with Crippen molar-refractivity contribution in [3.63, 3.8) is 0 Å². The molecule has 1 heterocycles. The van der Waals surface area contributed by atoms with Gasteiger partial charge in [-0.15, -0.1) is 0 Å². The van der Waals surface area contributed by atoms with Crippen LogP contribution in [0.5, 0.6) is 0 Å². The summed E-state index contributed by atoms with van der Waals surface area (Å²) in [6.45, 7) is 1.24. The molecular formula is C8H5BrF3NO. The second kappa shape index (κ2) is 3.68. The molecule has 0 N–H and O–H groups in total. The molecule has 2 nitrogen and oxygen atoms in total. The first-order chi connectivity index (χ1) is 6.32. The van der Waals surface area contributed by atoms with Crippen molar-refractivity contribution in [2.24, 2.45) is 0 Å². The Hall–Kier alpha value is -0.910. The Bertz CT molecular complexity index is 375. The molecule has 0 unspecified atom stereocenters. The molecule has 0 radical (unpaired) electrons. The van der Waals surface area contributed by atoms with Crippen molar-refractivity contribution < 1.29 is 18.0 Å². The van der Waals surface area contributed by atoms with E-state index in [1.165, 1.54) is 6.92 Å². The molecule has 1 aromatic heterocycles. The first kappa shape index (κ1) is 11.2. The molecule has 1 rings (SSSR count). The molecular weight excluding hydrogens is 263 g/mol. The van der Waals surface area contributed by atoms with Gasteiger partial charge in [0.1, 0.15) is 5.69 Å². The maximum atomic E-state index is 12.2. The van der Waals surface area contributed by atoms with E-state index >= 15 is 0 Å². The van der Waals surface area contributed by atoms with Gasteiger partial charge in [-0.2, -0.15) is 13.2 Å². The Kier molecular flexibility index (Phi) is 2.94. The number of halogens is 4. The Balaban J connectivity index is 3.21. The van der Waals surface area contributed by atoms with Gasteiger partial charge >= 0.3 is 6.18 Å². The molecule has 6 heteroatoms. The van der Waals surface area contributed by atoms with Crippen molar-refractivity contribution in [1.29, 1.82) is 0 Å². The van der Waals surface area contributed by atoms with Crippen LogP contribution >= 0.6 is 15.9 Å². The molecule has 14 heavy (non-hydrogen) atoms. The fourth-order valence-corrected chi connectivity index (χ4v) is 1.38. The fraction of sp³-hybridized carbons (Fsp3) is 0.250. The summed E-state index contributed by atoms with van der Waals surface area (Å²) < 4.78 is 36.5. The molecule has 0 aliphatic heterocycles. The van der Waals surface area contributed by atoms with Crippen LogP contribution in [0.1, 0.15) is 23.0 Å². The summed E-state index contributed by atoms with van der Waals surface area (Å²) in [6, 6.07) is 1.06. The summed E-state index contributed by atoms with van der Waals surface area (Å²) in [4.78, 5) is 14.2. The topological polar surface area (TPSA) is 30.0 Å². The average Bonchev–Trinajstić information content (AvgIpc) is 2.01. The van der Waals surface area contributed by atoms with E-state index in [-0.39, 0.29) is 15.9 Å². The number of rotatable bonds is 1. The standard InChI is InChI=1S/C8H5BrF3NO/c1-4(14)7-2-6(9)5(3-13-7)8(10,11)12/h2-3H,1H3. The molecule has 76 valence electrons. The van der Waals surface area contributed by atoms with E-state index in [0.29, 0.717) is 6.20 Å². The predicted octanol–water partition coefficient (Wildman–Crippen LogP) is 3.07. The highest BCUT2D eigenvalue weighted by Gasteiger charge is 2.33. The van der Waals surface area contributed by atoms with Crippen molar-refractivity contribution in [1.82, 2.24) is 4.98 Å².